The van der Waals surface area contributed by atoms with E-state index in [4.69, 9.17) is 4.74 Å². The van der Waals surface area contributed by atoms with Crippen LogP contribution in [0.2, 0.25) is 0 Å². The Morgan fingerprint density at radius 2 is 1.96 bits per heavy atom. The number of aryl methyl sites for hydroxylation is 1. The lowest BCUT2D eigenvalue weighted by molar-refractivity contribution is -0.132. The van der Waals surface area contributed by atoms with Gasteiger partial charge in [-0.15, -0.1) is 5.10 Å². The van der Waals surface area contributed by atoms with Crippen LogP contribution in [0.3, 0.4) is 0 Å². The lowest BCUT2D eigenvalue weighted by atomic mass is 10.0. The first kappa shape index (κ1) is 17.5. The number of hydrogen-bond acceptors (Lipinski definition) is 4. The standard InChI is InChI=1S/C22H23N3O2/c1-16-5-4-6-17(13-16)14-21(26)25-11-9-19(10-12-25)27-22-20-8-3-2-7-18(20)15-23-24-22/h2-8,13,15,19H,9-12,14H2,1H3. The van der Waals surface area contributed by atoms with Crippen LogP contribution in [0.15, 0.2) is 54.7 Å². The molecule has 5 heteroatoms. The van der Waals surface area contributed by atoms with Crippen molar-refractivity contribution in [3.8, 4) is 5.88 Å². The lowest BCUT2D eigenvalue weighted by Gasteiger charge is -2.32. The summed E-state index contributed by atoms with van der Waals surface area (Å²) in [4.78, 5) is 14.5. The van der Waals surface area contributed by atoms with Gasteiger partial charge in [0.15, 0.2) is 0 Å². The monoisotopic (exact) mass is 361 g/mol. The summed E-state index contributed by atoms with van der Waals surface area (Å²) in [6, 6.07) is 16.1. The van der Waals surface area contributed by atoms with Crippen molar-refractivity contribution < 1.29 is 9.53 Å². The number of fused-ring (bicyclic) bond motifs is 1. The first-order valence-electron chi connectivity index (χ1n) is 9.39. The molecule has 0 radical (unpaired) electrons. The molecule has 0 saturated carbocycles. The molecule has 1 amide bonds. The summed E-state index contributed by atoms with van der Waals surface area (Å²) in [5, 5.41) is 10.2. The molecule has 0 N–H and O–H groups in total. The number of rotatable bonds is 4. The predicted octanol–water partition coefficient (Wildman–Crippen LogP) is 3.55. The van der Waals surface area contributed by atoms with Gasteiger partial charge in [-0.1, -0.05) is 48.0 Å². The normalized spacial score (nSPS) is 15.1. The quantitative estimate of drug-likeness (QED) is 0.713. The molecular weight excluding hydrogens is 338 g/mol. The molecule has 1 aliphatic rings. The van der Waals surface area contributed by atoms with Gasteiger partial charge >= 0.3 is 0 Å². The minimum Gasteiger partial charge on any atom is -0.473 e. The highest BCUT2D eigenvalue weighted by Gasteiger charge is 2.24. The summed E-state index contributed by atoms with van der Waals surface area (Å²) in [5.74, 6) is 0.765. The van der Waals surface area contributed by atoms with Crippen molar-refractivity contribution in [1.29, 1.82) is 0 Å². The van der Waals surface area contributed by atoms with E-state index in [1.807, 2.05) is 54.3 Å². The van der Waals surface area contributed by atoms with Gasteiger partial charge in [0.25, 0.3) is 0 Å². The number of amides is 1. The first-order valence-corrected chi connectivity index (χ1v) is 9.39. The van der Waals surface area contributed by atoms with Crippen LogP contribution in [0.25, 0.3) is 10.8 Å². The number of benzene rings is 2. The molecule has 1 aromatic heterocycles. The maximum Gasteiger partial charge on any atom is 0.241 e. The Hall–Kier alpha value is -2.95. The number of ether oxygens (including phenoxy) is 1. The van der Waals surface area contributed by atoms with E-state index in [1.54, 1.807) is 6.20 Å². The smallest absolute Gasteiger partial charge is 0.241 e. The number of carbonyl (C=O) groups is 1. The van der Waals surface area contributed by atoms with Gasteiger partial charge in [-0.3, -0.25) is 4.79 Å². The van der Waals surface area contributed by atoms with Crippen molar-refractivity contribution in [3.05, 3.63) is 65.9 Å². The van der Waals surface area contributed by atoms with Gasteiger partial charge in [0, 0.05) is 36.7 Å². The molecule has 2 heterocycles. The maximum atomic E-state index is 12.6. The number of hydrogen-bond donors (Lipinski definition) is 0. The van der Waals surface area contributed by atoms with E-state index in [0.29, 0.717) is 25.4 Å². The zero-order chi connectivity index (χ0) is 18.6. The summed E-state index contributed by atoms with van der Waals surface area (Å²) in [5.41, 5.74) is 2.26. The van der Waals surface area contributed by atoms with Crippen LogP contribution in [0.5, 0.6) is 5.88 Å². The topological polar surface area (TPSA) is 55.3 Å². The minimum absolute atomic E-state index is 0.0631. The average molecular weight is 361 g/mol. The zero-order valence-corrected chi connectivity index (χ0v) is 15.5. The Bertz CT molecular complexity index is 944. The summed E-state index contributed by atoms with van der Waals surface area (Å²) in [6.45, 7) is 3.48. The third-order valence-corrected chi connectivity index (χ3v) is 5.05. The van der Waals surface area contributed by atoms with Crippen molar-refractivity contribution in [2.75, 3.05) is 13.1 Å². The molecule has 1 aliphatic heterocycles. The van der Waals surface area contributed by atoms with E-state index < -0.39 is 0 Å². The van der Waals surface area contributed by atoms with Crippen LogP contribution < -0.4 is 4.74 Å². The van der Waals surface area contributed by atoms with E-state index in [9.17, 15) is 4.79 Å². The van der Waals surface area contributed by atoms with Crippen LogP contribution in [-0.4, -0.2) is 40.2 Å². The summed E-state index contributed by atoms with van der Waals surface area (Å²) < 4.78 is 6.12. The molecule has 0 bridgehead atoms. The molecule has 0 spiro atoms. The summed E-state index contributed by atoms with van der Waals surface area (Å²) in [7, 11) is 0. The van der Waals surface area contributed by atoms with Crippen molar-refractivity contribution in [3.63, 3.8) is 0 Å². The van der Waals surface area contributed by atoms with Gasteiger partial charge in [0.2, 0.25) is 11.8 Å². The fourth-order valence-corrected chi connectivity index (χ4v) is 3.58. The van der Waals surface area contributed by atoms with E-state index in [2.05, 4.69) is 16.3 Å². The van der Waals surface area contributed by atoms with E-state index in [0.717, 1.165) is 29.2 Å². The van der Waals surface area contributed by atoms with Crippen molar-refractivity contribution >= 4 is 16.7 Å². The Kier molecular flexibility index (Phi) is 5.01. The highest BCUT2D eigenvalue weighted by atomic mass is 16.5. The van der Waals surface area contributed by atoms with E-state index in [-0.39, 0.29) is 12.0 Å². The summed E-state index contributed by atoms with van der Waals surface area (Å²) >= 11 is 0. The minimum atomic E-state index is 0.0631. The molecular formula is C22H23N3O2. The van der Waals surface area contributed by atoms with Gasteiger partial charge in [-0.25, -0.2) is 0 Å². The molecule has 0 aliphatic carbocycles. The fraction of sp³-hybridized carbons (Fsp3) is 0.318. The van der Waals surface area contributed by atoms with Crippen LogP contribution in [0.4, 0.5) is 0 Å². The second-order valence-electron chi connectivity index (χ2n) is 7.10. The molecule has 0 unspecified atom stereocenters. The Morgan fingerprint density at radius 3 is 2.78 bits per heavy atom. The average Bonchev–Trinajstić information content (AvgIpc) is 2.69. The summed E-state index contributed by atoms with van der Waals surface area (Å²) in [6.07, 6.45) is 3.89. The van der Waals surface area contributed by atoms with E-state index >= 15 is 0 Å². The number of piperidine rings is 1. The Labute approximate surface area is 159 Å². The van der Waals surface area contributed by atoms with Crippen molar-refractivity contribution in [2.24, 2.45) is 0 Å². The number of likely N-dealkylation sites (tertiary alicyclic amines) is 1. The third kappa shape index (κ3) is 4.08. The number of carbonyl (C=O) groups excluding carboxylic acids is 1. The Morgan fingerprint density at radius 1 is 1.15 bits per heavy atom. The highest BCUT2D eigenvalue weighted by molar-refractivity contribution is 5.85. The SMILES string of the molecule is Cc1cccc(CC(=O)N2CCC(Oc3nncc4ccccc34)CC2)c1. The van der Waals surface area contributed by atoms with Crippen LogP contribution in [0, 0.1) is 6.92 Å². The largest absolute Gasteiger partial charge is 0.473 e. The third-order valence-electron chi connectivity index (χ3n) is 5.05. The van der Waals surface area contributed by atoms with E-state index in [1.165, 1.54) is 5.56 Å². The van der Waals surface area contributed by atoms with Gasteiger partial charge in [-0.05, 0) is 18.6 Å². The van der Waals surface area contributed by atoms with Crippen molar-refractivity contribution in [2.45, 2.75) is 32.3 Å². The molecule has 5 nitrogen and oxygen atoms in total. The van der Waals surface area contributed by atoms with Gasteiger partial charge in [0.05, 0.1) is 12.6 Å². The van der Waals surface area contributed by atoms with Crippen LogP contribution in [-0.2, 0) is 11.2 Å². The molecule has 138 valence electrons. The van der Waals surface area contributed by atoms with Crippen LogP contribution in [0.1, 0.15) is 24.0 Å². The van der Waals surface area contributed by atoms with Crippen molar-refractivity contribution in [1.82, 2.24) is 15.1 Å². The molecule has 0 atom stereocenters. The number of nitrogens with zero attached hydrogens (tertiary/aromatic N) is 3. The maximum absolute atomic E-state index is 12.6. The lowest BCUT2D eigenvalue weighted by Crippen LogP contribution is -2.42. The zero-order valence-electron chi connectivity index (χ0n) is 15.5. The predicted molar refractivity (Wildman–Crippen MR) is 105 cm³/mol. The molecule has 4 rings (SSSR count). The Balaban J connectivity index is 1.35. The molecule has 1 saturated heterocycles. The highest BCUT2D eigenvalue weighted by Crippen LogP contribution is 2.25. The van der Waals surface area contributed by atoms with Gasteiger partial charge < -0.3 is 9.64 Å². The fourth-order valence-electron chi connectivity index (χ4n) is 3.58. The van der Waals surface area contributed by atoms with Gasteiger partial charge in [0.1, 0.15) is 6.10 Å². The van der Waals surface area contributed by atoms with Crippen LogP contribution >= 0.6 is 0 Å². The first-order chi connectivity index (χ1) is 13.2. The molecule has 1 fully saturated rings. The number of aromatic nitrogens is 2. The van der Waals surface area contributed by atoms with Gasteiger partial charge in [-0.2, -0.15) is 5.10 Å². The second-order valence-corrected chi connectivity index (χ2v) is 7.10. The molecule has 2 aromatic carbocycles. The second kappa shape index (κ2) is 7.74. The molecule has 27 heavy (non-hydrogen) atoms. The molecule has 3 aromatic rings.